The molecule has 10 heteroatoms. The lowest BCUT2D eigenvalue weighted by molar-refractivity contribution is 0.0477. The Kier molecular flexibility index (Phi) is 6.71. The van der Waals surface area contributed by atoms with Gasteiger partial charge in [-0.3, -0.25) is 0 Å². The average Bonchev–Trinajstić information content (AvgIpc) is 3.03. The number of benzene rings is 1. The van der Waals surface area contributed by atoms with Crippen LogP contribution < -0.4 is 5.32 Å². The fraction of sp³-hybridized carbons (Fsp3) is 0.500. The molecule has 1 N–H and O–H groups in total. The van der Waals surface area contributed by atoms with Crippen LogP contribution in [-0.2, 0) is 20.3 Å². The highest BCUT2D eigenvalue weighted by Gasteiger charge is 2.30. The molecule has 0 fully saturated rings. The van der Waals surface area contributed by atoms with Gasteiger partial charge in [-0.1, -0.05) is 48.7 Å². The van der Waals surface area contributed by atoms with E-state index in [1.165, 1.54) is 0 Å². The van der Waals surface area contributed by atoms with Gasteiger partial charge in [-0.2, -0.15) is 0 Å². The van der Waals surface area contributed by atoms with Crippen LogP contribution in [0.2, 0.25) is 5.02 Å². The van der Waals surface area contributed by atoms with Crippen molar-refractivity contribution in [2.45, 2.75) is 57.2 Å². The second-order valence-electron chi connectivity index (χ2n) is 7.62. The number of nitrogens with one attached hydrogen (secondary N) is 1. The SMILES string of the molecule is CC(C)[C@H](NC(=O)OC(C)(C)C)c1nnc(S(=O)(=O)Cc2ccccc2Cl)o1. The van der Waals surface area contributed by atoms with Crippen molar-refractivity contribution in [3.63, 3.8) is 0 Å². The molecule has 0 radical (unpaired) electrons. The van der Waals surface area contributed by atoms with Crippen LogP contribution in [0.5, 0.6) is 0 Å². The molecule has 1 atom stereocenters. The molecule has 0 aliphatic carbocycles. The number of aromatic nitrogens is 2. The molecule has 28 heavy (non-hydrogen) atoms. The standard InChI is InChI=1S/C18H24ClN3O5S/c1-11(2)14(20-16(23)27-18(3,4)5)15-21-22-17(26-15)28(24,25)10-12-8-6-7-9-13(12)19/h6-9,11,14H,10H2,1-5H3,(H,20,23)/t14-/m0/s1. The fourth-order valence-corrected chi connectivity index (χ4v) is 3.75. The molecular weight excluding hydrogens is 406 g/mol. The number of alkyl carbamates (subject to hydrolysis) is 1. The van der Waals surface area contributed by atoms with Gasteiger partial charge in [-0.25, -0.2) is 13.2 Å². The van der Waals surface area contributed by atoms with Crippen molar-refractivity contribution in [3.8, 4) is 0 Å². The number of carbonyl (C=O) groups is 1. The van der Waals surface area contributed by atoms with Crippen LogP contribution in [0.4, 0.5) is 4.79 Å². The van der Waals surface area contributed by atoms with Crippen LogP contribution >= 0.6 is 11.6 Å². The van der Waals surface area contributed by atoms with Gasteiger partial charge < -0.3 is 14.5 Å². The minimum atomic E-state index is -3.90. The van der Waals surface area contributed by atoms with E-state index in [2.05, 4.69) is 15.5 Å². The number of ether oxygens (including phenoxy) is 1. The van der Waals surface area contributed by atoms with Gasteiger partial charge in [-0.05, 0) is 38.3 Å². The van der Waals surface area contributed by atoms with Gasteiger partial charge in [0, 0.05) is 5.02 Å². The Bertz CT molecular complexity index is 935. The molecule has 0 bridgehead atoms. The lowest BCUT2D eigenvalue weighted by Crippen LogP contribution is -2.37. The molecule has 2 rings (SSSR count). The molecule has 0 unspecified atom stereocenters. The second-order valence-corrected chi connectivity index (χ2v) is 9.90. The summed E-state index contributed by atoms with van der Waals surface area (Å²) >= 11 is 6.03. The zero-order valence-corrected chi connectivity index (χ0v) is 18.0. The van der Waals surface area contributed by atoms with Crippen molar-refractivity contribution >= 4 is 27.5 Å². The smallest absolute Gasteiger partial charge is 0.408 e. The number of rotatable bonds is 6. The highest BCUT2D eigenvalue weighted by atomic mass is 35.5. The quantitative estimate of drug-likeness (QED) is 0.740. The van der Waals surface area contributed by atoms with E-state index in [9.17, 15) is 13.2 Å². The lowest BCUT2D eigenvalue weighted by Gasteiger charge is -2.23. The second kappa shape index (κ2) is 8.48. The summed E-state index contributed by atoms with van der Waals surface area (Å²) in [5.41, 5.74) is -0.250. The van der Waals surface area contributed by atoms with Gasteiger partial charge in [-0.15, -0.1) is 5.10 Å². The van der Waals surface area contributed by atoms with Gasteiger partial charge in [0.15, 0.2) is 0 Å². The van der Waals surface area contributed by atoms with Crippen molar-refractivity contribution in [2.75, 3.05) is 0 Å². The Morgan fingerprint density at radius 2 is 1.89 bits per heavy atom. The number of sulfone groups is 1. The van der Waals surface area contributed by atoms with Crippen LogP contribution in [-0.4, -0.2) is 30.3 Å². The van der Waals surface area contributed by atoms with Crippen molar-refractivity contribution < 1.29 is 22.4 Å². The fourth-order valence-electron chi connectivity index (χ4n) is 2.30. The van der Waals surface area contributed by atoms with Crippen molar-refractivity contribution in [1.29, 1.82) is 0 Å². The van der Waals surface area contributed by atoms with Gasteiger partial charge in [0.2, 0.25) is 15.7 Å². The van der Waals surface area contributed by atoms with Crippen molar-refractivity contribution in [3.05, 3.63) is 40.7 Å². The van der Waals surface area contributed by atoms with Gasteiger partial charge >= 0.3 is 11.3 Å². The normalized spacial score (nSPS) is 13.4. The van der Waals surface area contributed by atoms with Gasteiger partial charge in [0.25, 0.3) is 0 Å². The first-order valence-corrected chi connectivity index (χ1v) is 10.7. The van der Waals surface area contributed by atoms with E-state index in [4.69, 9.17) is 20.8 Å². The van der Waals surface area contributed by atoms with Crippen LogP contribution in [0.15, 0.2) is 33.9 Å². The number of halogens is 1. The van der Waals surface area contributed by atoms with E-state index in [1.54, 1.807) is 45.0 Å². The largest absolute Gasteiger partial charge is 0.444 e. The Labute approximate surface area is 169 Å². The van der Waals surface area contributed by atoms with Crippen molar-refractivity contribution in [2.24, 2.45) is 5.92 Å². The summed E-state index contributed by atoms with van der Waals surface area (Å²) < 4.78 is 35.8. The van der Waals surface area contributed by atoms with E-state index in [0.29, 0.717) is 10.6 Å². The summed E-state index contributed by atoms with van der Waals surface area (Å²) in [6.07, 6.45) is -0.662. The molecule has 1 heterocycles. The summed E-state index contributed by atoms with van der Waals surface area (Å²) in [5.74, 6) is -0.536. The molecule has 1 amide bonds. The summed E-state index contributed by atoms with van der Waals surface area (Å²) in [7, 11) is -3.90. The third-order valence-electron chi connectivity index (χ3n) is 3.60. The molecule has 154 valence electrons. The van der Waals surface area contributed by atoms with Crippen molar-refractivity contribution in [1.82, 2.24) is 15.5 Å². The molecule has 0 saturated heterocycles. The molecule has 0 aliphatic heterocycles. The minimum absolute atomic E-state index is 0.0152. The molecule has 0 aliphatic rings. The van der Waals surface area contributed by atoms with E-state index < -0.39 is 32.8 Å². The molecule has 0 saturated carbocycles. The molecule has 2 aromatic rings. The van der Waals surface area contributed by atoms with E-state index in [1.807, 2.05) is 13.8 Å². The number of carbonyl (C=O) groups excluding carboxylic acids is 1. The number of nitrogens with zero attached hydrogens (tertiary/aromatic N) is 2. The van der Waals surface area contributed by atoms with E-state index in [-0.39, 0.29) is 17.6 Å². The lowest BCUT2D eigenvalue weighted by atomic mass is 10.1. The Morgan fingerprint density at radius 1 is 1.25 bits per heavy atom. The first kappa shape index (κ1) is 22.2. The first-order chi connectivity index (χ1) is 12.9. The van der Waals surface area contributed by atoms with E-state index in [0.717, 1.165) is 0 Å². The molecular formula is C18H24ClN3O5S. The highest BCUT2D eigenvalue weighted by Crippen LogP contribution is 2.25. The third kappa shape index (κ3) is 5.93. The Morgan fingerprint density at radius 3 is 2.46 bits per heavy atom. The summed E-state index contributed by atoms with van der Waals surface area (Å²) in [6, 6.07) is 5.91. The average molecular weight is 430 g/mol. The van der Waals surface area contributed by atoms with Gasteiger partial charge in [0.1, 0.15) is 11.6 Å². The monoisotopic (exact) mass is 429 g/mol. The maximum absolute atomic E-state index is 12.6. The summed E-state index contributed by atoms with van der Waals surface area (Å²) in [5, 5.41) is 9.92. The Balaban J connectivity index is 2.22. The zero-order valence-electron chi connectivity index (χ0n) is 16.4. The minimum Gasteiger partial charge on any atom is -0.444 e. The maximum atomic E-state index is 12.6. The molecule has 1 aromatic heterocycles. The van der Waals surface area contributed by atoms with Crippen LogP contribution in [0.1, 0.15) is 52.1 Å². The van der Waals surface area contributed by atoms with Crippen LogP contribution in [0.3, 0.4) is 0 Å². The number of hydrogen-bond acceptors (Lipinski definition) is 7. The van der Waals surface area contributed by atoms with E-state index >= 15 is 0 Å². The first-order valence-electron chi connectivity index (χ1n) is 8.68. The molecule has 8 nitrogen and oxygen atoms in total. The zero-order chi connectivity index (χ0) is 21.1. The van der Waals surface area contributed by atoms with Crippen LogP contribution in [0, 0.1) is 5.92 Å². The molecule has 0 spiro atoms. The van der Waals surface area contributed by atoms with Crippen LogP contribution in [0.25, 0.3) is 0 Å². The summed E-state index contributed by atoms with van der Waals surface area (Å²) in [4.78, 5) is 12.1. The predicted octanol–water partition coefficient (Wildman–Crippen LogP) is 3.92. The third-order valence-corrected chi connectivity index (χ3v) is 5.35. The van der Waals surface area contributed by atoms with Gasteiger partial charge in [0.05, 0.1) is 5.75 Å². The Hall–Kier alpha value is -2.13. The predicted molar refractivity (Wildman–Crippen MR) is 104 cm³/mol. The maximum Gasteiger partial charge on any atom is 0.408 e. The molecule has 1 aromatic carbocycles. The topological polar surface area (TPSA) is 111 Å². The number of amides is 1. The highest BCUT2D eigenvalue weighted by molar-refractivity contribution is 7.90. The number of hydrogen-bond donors (Lipinski definition) is 1. The summed E-state index contributed by atoms with van der Waals surface area (Å²) in [6.45, 7) is 8.86.